The molecule has 0 bridgehead atoms. The van der Waals surface area contributed by atoms with Crippen LogP contribution >= 0.6 is 11.6 Å². The van der Waals surface area contributed by atoms with Gasteiger partial charge < -0.3 is 5.11 Å². The van der Waals surface area contributed by atoms with Gasteiger partial charge in [-0.2, -0.15) is 0 Å². The molecule has 0 atom stereocenters. The summed E-state index contributed by atoms with van der Waals surface area (Å²) >= 11 is 5.71. The third-order valence-corrected chi connectivity index (χ3v) is 4.64. The predicted octanol–water partition coefficient (Wildman–Crippen LogP) is 3.29. The second-order valence-corrected chi connectivity index (χ2v) is 6.60. The summed E-state index contributed by atoms with van der Waals surface area (Å²) in [6, 6.07) is 7.11. The van der Waals surface area contributed by atoms with Gasteiger partial charge in [0.2, 0.25) is 0 Å². The Morgan fingerprint density at radius 3 is 2.55 bits per heavy atom. The fourth-order valence-electron chi connectivity index (χ4n) is 1.80. The van der Waals surface area contributed by atoms with Gasteiger partial charge in [0.15, 0.2) is 0 Å². The summed E-state index contributed by atoms with van der Waals surface area (Å²) in [4.78, 5) is 10.7. The number of aromatic carboxylic acids is 1. The molecule has 0 aromatic heterocycles. The fraction of sp³-hybridized carbons (Fsp3) is 0.0714. The van der Waals surface area contributed by atoms with E-state index in [0.29, 0.717) is 5.56 Å². The van der Waals surface area contributed by atoms with E-state index in [9.17, 15) is 17.6 Å². The van der Waals surface area contributed by atoms with Crippen molar-refractivity contribution in [1.29, 1.82) is 0 Å². The van der Waals surface area contributed by atoms with Crippen molar-refractivity contribution in [1.82, 2.24) is 0 Å². The fourth-order valence-corrected chi connectivity index (χ4v) is 3.30. The minimum absolute atomic E-state index is 0.162. The second kappa shape index (κ2) is 5.94. The number of hydrogen-bond donors (Lipinski definition) is 2. The smallest absolute Gasteiger partial charge is 0.335 e. The Bertz CT molecular complexity index is 852. The summed E-state index contributed by atoms with van der Waals surface area (Å²) in [5.41, 5.74) is -0.162. The first kappa shape index (κ1) is 16.3. The molecule has 2 N–H and O–H groups in total. The zero-order valence-electron chi connectivity index (χ0n) is 11.3. The van der Waals surface area contributed by atoms with Crippen LogP contribution in [-0.4, -0.2) is 19.5 Å². The van der Waals surface area contributed by atoms with E-state index in [2.05, 4.69) is 4.72 Å². The van der Waals surface area contributed by atoms with Crippen molar-refractivity contribution < 1.29 is 22.7 Å². The summed E-state index contributed by atoms with van der Waals surface area (Å²) in [6.45, 7) is 1.51. The summed E-state index contributed by atoms with van der Waals surface area (Å²) < 4.78 is 40.4. The minimum Gasteiger partial charge on any atom is -0.478 e. The zero-order valence-corrected chi connectivity index (χ0v) is 12.9. The Labute approximate surface area is 131 Å². The molecular weight excluding hydrogens is 333 g/mol. The van der Waals surface area contributed by atoms with Gasteiger partial charge in [-0.3, -0.25) is 4.72 Å². The molecule has 22 heavy (non-hydrogen) atoms. The summed E-state index contributed by atoms with van der Waals surface area (Å²) in [5, 5.41) is 9.11. The highest BCUT2D eigenvalue weighted by molar-refractivity contribution is 7.92. The van der Waals surface area contributed by atoms with Gasteiger partial charge >= 0.3 is 5.97 Å². The standard InChI is InChI=1S/C14H11ClFNO4S/c1-8-2-3-9(14(18)19)6-13(8)22(20,21)17-12-7-10(15)4-5-11(12)16/h2-7,17H,1H3,(H,18,19). The molecular formula is C14H11ClFNO4S. The number of nitrogens with one attached hydrogen (secondary N) is 1. The third kappa shape index (κ3) is 3.37. The number of rotatable bonds is 4. The monoisotopic (exact) mass is 343 g/mol. The topological polar surface area (TPSA) is 83.5 Å². The maximum absolute atomic E-state index is 13.6. The van der Waals surface area contributed by atoms with Crippen LogP contribution in [0.3, 0.4) is 0 Å². The van der Waals surface area contributed by atoms with Crippen molar-refractivity contribution in [3.63, 3.8) is 0 Å². The second-order valence-electron chi connectivity index (χ2n) is 4.52. The lowest BCUT2D eigenvalue weighted by Crippen LogP contribution is -2.16. The molecule has 5 nitrogen and oxygen atoms in total. The van der Waals surface area contributed by atoms with E-state index in [1.54, 1.807) is 0 Å². The molecule has 0 aliphatic carbocycles. The maximum Gasteiger partial charge on any atom is 0.335 e. The Morgan fingerprint density at radius 1 is 1.23 bits per heavy atom. The molecule has 2 rings (SSSR count). The molecule has 0 unspecified atom stereocenters. The van der Waals surface area contributed by atoms with Crippen LogP contribution in [0.5, 0.6) is 0 Å². The highest BCUT2D eigenvalue weighted by Crippen LogP contribution is 2.25. The molecule has 0 spiro atoms. The molecule has 116 valence electrons. The average Bonchev–Trinajstić information content (AvgIpc) is 2.42. The van der Waals surface area contributed by atoms with Crippen LogP contribution < -0.4 is 4.72 Å². The van der Waals surface area contributed by atoms with E-state index >= 15 is 0 Å². The molecule has 2 aromatic rings. The molecule has 8 heteroatoms. The first-order chi connectivity index (χ1) is 10.2. The molecule has 2 aromatic carbocycles. The van der Waals surface area contributed by atoms with Crippen LogP contribution in [0.15, 0.2) is 41.3 Å². The molecule has 0 fully saturated rings. The number of hydrogen-bond acceptors (Lipinski definition) is 3. The van der Waals surface area contributed by atoms with Crippen LogP contribution in [0.2, 0.25) is 5.02 Å². The van der Waals surface area contributed by atoms with Gasteiger partial charge in [-0.25, -0.2) is 17.6 Å². The van der Waals surface area contributed by atoms with E-state index < -0.39 is 21.8 Å². The number of carboxylic acids is 1. The van der Waals surface area contributed by atoms with Gasteiger partial charge in [0.25, 0.3) is 10.0 Å². The van der Waals surface area contributed by atoms with E-state index in [4.69, 9.17) is 16.7 Å². The number of aryl methyl sites for hydroxylation is 1. The molecule has 0 aliphatic heterocycles. The molecule has 0 saturated heterocycles. The molecule has 0 aliphatic rings. The normalized spacial score (nSPS) is 11.2. The van der Waals surface area contributed by atoms with Crippen LogP contribution in [0, 0.1) is 12.7 Å². The van der Waals surface area contributed by atoms with E-state index in [-0.39, 0.29) is 21.2 Å². The van der Waals surface area contributed by atoms with Crippen molar-refractivity contribution in [2.75, 3.05) is 4.72 Å². The number of anilines is 1. The Kier molecular flexibility index (Phi) is 4.39. The summed E-state index contributed by atoms with van der Waals surface area (Å²) in [5.74, 6) is -2.05. The Hall–Kier alpha value is -2.12. The maximum atomic E-state index is 13.6. The highest BCUT2D eigenvalue weighted by Gasteiger charge is 2.20. The largest absolute Gasteiger partial charge is 0.478 e. The van der Waals surface area contributed by atoms with Gasteiger partial charge in [-0.05, 0) is 42.8 Å². The number of sulfonamides is 1. The number of carboxylic acid groups (broad SMARTS) is 1. The van der Waals surface area contributed by atoms with Crippen LogP contribution in [0.1, 0.15) is 15.9 Å². The first-order valence-corrected chi connectivity index (χ1v) is 7.88. The van der Waals surface area contributed by atoms with Crippen molar-refractivity contribution in [2.24, 2.45) is 0 Å². The van der Waals surface area contributed by atoms with E-state index in [1.807, 2.05) is 0 Å². The lowest BCUT2D eigenvalue weighted by molar-refractivity contribution is 0.0696. The number of halogens is 2. The molecule has 0 radical (unpaired) electrons. The number of carbonyl (C=O) groups is 1. The molecule has 0 saturated carbocycles. The third-order valence-electron chi connectivity index (χ3n) is 2.90. The SMILES string of the molecule is Cc1ccc(C(=O)O)cc1S(=O)(=O)Nc1cc(Cl)ccc1F. The van der Waals surface area contributed by atoms with Gasteiger partial charge in [0, 0.05) is 5.02 Å². The quantitative estimate of drug-likeness (QED) is 0.892. The van der Waals surface area contributed by atoms with Crippen molar-refractivity contribution >= 4 is 33.3 Å². The van der Waals surface area contributed by atoms with Gasteiger partial charge in [-0.1, -0.05) is 17.7 Å². The highest BCUT2D eigenvalue weighted by atomic mass is 35.5. The van der Waals surface area contributed by atoms with Crippen LogP contribution in [-0.2, 0) is 10.0 Å². The lowest BCUT2D eigenvalue weighted by Gasteiger charge is -2.12. The van der Waals surface area contributed by atoms with Gasteiger partial charge in [0.05, 0.1) is 16.1 Å². The first-order valence-electron chi connectivity index (χ1n) is 6.02. The Balaban J connectivity index is 2.49. The van der Waals surface area contributed by atoms with Crippen molar-refractivity contribution in [2.45, 2.75) is 11.8 Å². The van der Waals surface area contributed by atoms with E-state index in [0.717, 1.165) is 18.2 Å². The average molecular weight is 344 g/mol. The van der Waals surface area contributed by atoms with Gasteiger partial charge in [0.1, 0.15) is 5.82 Å². The molecule has 0 amide bonds. The Morgan fingerprint density at radius 2 is 1.91 bits per heavy atom. The van der Waals surface area contributed by atoms with Gasteiger partial charge in [-0.15, -0.1) is 0 Å². The van der Waals surface area contributed by atoms with Crippen LogP contribution in [0.4, 0.5) is 10.1 Å². The van der Waals surface area contributed by atoms with E-state index in [1.165, 1.54) is 25.1 Å². The van der Waals surface area contributed by atoms with Crippen molar-refractivity contribution in [3.8, 4) is 0 Å². The molecule has 0 heterocycles. The minimum atomic E-state index is -4.15. The predicted molar refractivity (Wildman–Crippen MR) is 80.4 cm³/mol. The summed E-state index contributed by atoms with van der Waals surface area (Å²) in [7, 11) is -4.15. The van der Waals surface area contributed by atoms with Crippen molar-refractivity contribution in [3.05, 3.63) is 58.4 Å². The number of benzene rings is 2. The lowest BCUT2D eigenvalue weighted by atomic mass is 10.1. The van der Waals surface area contributed by atoms with Crippen LogP contribution in [0.25, 0.3) is 0 Å². The zero-order chi connectivity index (χ0) is 16.5. The summed E-state index contributed by atoms with van der Waals surface area (Å²) in [6.07, 6.45) is 0.